The van der Waals surface area contributed by atoms with Gasteiger partial charge in [-0.05, 0) is 73.6 Å². The van der Waals surface area contributed by atoms with Gasteiger partial charge in [-0.15, -0.1) is 0 Å². The summed E-state index contributed by atoms with van der Waals surface area (Å²) < 4.78 is 5.47. The van der Waals surface area contributed by atoms with Crippen LogP contribution in [0.1, 0.15) is 52.9 Å². The molecule has 0 fully saturated rings. The lowest BCUT2D eigenvalue weighted by Crippen LogP contribution is -2.31. The molecule has 0 bridgehead atoms. The minimum atomic E-state index is -0.492. The topological polar surface area (TPSA) is 81.4 Å². The minimum Gasteiger partial charge on any atom is -0.484 e. The first-order valence-electron chi connectivity index (χ1n) is 8.96. The van der Waals surface area contributed by atoms with E-state index in [1.54, 1.807) is 24.3 Å². The van der Waals surface area contributed by atoms with Crippen LogP contribution in [0.4, 0.5) is 0 Å². The van der Waals surface area contributed by atoms with Crippen LogP contribution in [0.3, 0.4) is 0 Å². The second kappa shape index (κ2) is 8.04. The first kappa shape index (κ1) is 18.0. The lowest BCUT2D eigenvalue weighted by Gasteiger charge is -2.20. The summed E-state index contributed by atoms with van der Waals surface area (Å²) in [5, 5.41) is 2.96. The highest BCUT2D eigenvalue weighted by atomic mass is 16.5. The molecule has 5 heteroatoms. The first-order chi connectivity index (χ1) is 12.5. The van der Waals surface area contributed by atoms with Crippen LogP contribution < -0.4 is 15.8 Å². The number of fused-ring (bicyclic) bond motifs is 1. The van der Waals surface area contributed by atoms with Gasteiger partial charge in [0.2, 0.25) is 5.91 Å². The van der Waals surface area contributed by atoms with Gasteiger partial charge in [0, 0.05) is 5.56 Å². The number of hydrogen-bond donors (Lipinski definition) is 2. The maximum Gasteiger partial charge on any atom is 0.258 e. The highest BCUT2D eigenvalue weighted by Crippen LogP contribution is 2.24. The van der Waals surface area contributed by atoms with Gasteiger partial charge in [-0.2, -0.15) is 0 Å². The van der Waals surface area contributed by atoms with Crippen LogP contribution in [-0.2, 0) is 17.6 Å². The SMILES string of the molecule is C[C@@H](NC(=O)COc1ccc(C(N)=O)cc1)c1ccc2c(c1)CCCC2. The molecule has 0 saturated carbocycles. The van der Waals surface area contributed by atoms with Crippen LogP contribution in [0.5, 0.6) is 5.75 Å². The van der Waals surface area contributed by atoms with Crippen LogP contribution >= 0.6 is 0 Å². The quantitative estimate of drug-likeness (QED) is 0.839. The van der Waals surface area contributed by atoms with Crippen molar-refractivity contribution in [3.05, 3.63) is 64.7 Å². The third-order valence-electron chi connectivity index (χ3n) is 4.76. The smallest absolute Gasteiger partial charge is 0.258 e. The molecule has 2 aromatic rings. The molecule has 0 spiro atoms. The molecule has 1 aliphatic carbocycles. The third kappa shape index (κ3) is 4.42. The average Bonchev–Trinajstić information content (AvgIpc) is 2.66. The van der Waals surface area contributed by atoms with Gasteiger partial charge >= 0.3 is 0 Å². The van der Waals surface area contributed by atoms with Crippen LogP contribution in [0.15, 0.2) is 42.5 Å². The maximum absolute atomic E-state index is 12.2. The maximum atomic E-state index is 12.2. The van der Waals surface area contributed by atoms with Crippen LogP contribution in [0.25, 0.3) is 0 Å². The number of nitrogens with one attached hydrogen (secondary N) is 1. The zero-order valence-electron chi connectivity index (χ0n) is 15.0. The normalized spacial score (nSPS) is 14.2. The highest BCUT2D eigenvalue weighted by molar-refractivity contribution is 5.92. The number of nitrogens with two attached hydrogens (primary N) is 1. The van der Waals surface area contributed by atoms with E-state index >= 15 is 0 Å². The first-order valence-corrected chi connectivity index (χ1v) is 8.96. The van der Waals surface area contributed by atoms with Gasteiger partial charge in [0.05, 0.1) is 6.04 Å². The fourth-order valence-corrected chi connectivity index (χ4v) is 3.25. The van der Waals surface area contributed by atoms with Gasteiger partial charge in [0.15, 0.2) is 6.61 Å². The molecule has 0 unspecified atom stereocenters. The fourth-order valence-electron chi connectivity index (χ4n) is 3.25. The predicted molar refractivity (Wildman–Crippen MR) is 100 cm³/mol. The second-order valence-electron chi connectivity index (χ2n) is 6.70. The van der Waals surface area contributed by atoms with Crippen molar-refractivity contribution in [1.29, 1.82) is 0 Å². The molecule has 0 heterocycles. The summed E-state index contributed by atoms with van der Waals surface area (Å²) in [6.45, 7) is 1.90. The lowest BCUT2D eigenvalue weighted by molar-refractivity contribution is -0.123. The van der Waals surface area contributed by atoms with Gasteiger partial charge in [-0.1, -0.05) is 18.2 Å². The molecule has 3 rings (SSSR count). The number of amides is 2. The van der Waals surface area contributed by atoms with Gasteiger partial charge in [0.25, 0.3) is 5.91 Å². The molecule has 1 aliphatic rings. The van der Waals surface area contributed by atoms with E-state index in [1.165, 1.54) is 24.0 Å². The van der Waals surface area contributed by atoms with E-state index in [0.29, 0.717) is 11.3 Å². The van der Waals surface area contributed by atoms with Crippen molar-refractivity contribution in [1.82, 2.24) is 5.32 Å². The molecule has 0 radical (unpaired) electrons. The van der Waals surface area contributed by atoms with Gasteiger partial charge in [0.1, 0.15) is 5.75 Å². The monoisotopic (exact) mass is 352 g/mol. The molecule has 136 valence electrons. The Morgan fingerprint density at radius 1 is 1.08 bits per heavy atom. The van der Waals surface area contributed by atoms with Crippen molar-refractivity contribution in [2.45, 2.75) is 38.6 Å². The Balaban J connectivity index is 1.53. The molecular weight excluding hydrogens is 328 g/mol. The van der Waals surface area contributed by atoms with Crippen molar-refractivity contribution in [2.75, 3.05) is 6.61 Å². The van der Waals surface area contributed by atoms with Crippen molar-refractivity contribution in [3.8, 4) is 5.75 Å². The summed E-state index contributed by atoms with van der Waals surface area (Å²) in [6, 6.07) is 12.8. The molecule has 0 aromatic heterocycles. The summed E-state index contributed by atoms with van der Waals surface area (Å²) in [5.41, 5.74) is 9.55. The predicted octanol–water partition coefficient (Wildman–Crippen LogP) is 2.92. The minimum absolute atomic E-state index is 0.0736. The number of carbonyl (C=O) groups is 2. The van der Waals surface area contributed by atoms with Crippen LogP contribution in [0.2, 0.25) is 0 Å². The molecule has 2 amide bonds. The van der Waals surface area contributed by atoms with Crippen molar-refractivity contribution in [2.24, 2.45) is 5.73 Å². The van der Waals surface area contributed by atoms with Crippen LogP contribution in [0, 0.1) is 0 Å². The van der Waals surface area contributed by atoms with E-state index in [9.17, 15) is 9.59 Å². The van der Waals surface area contributed by atoms with E-state index in [4.69, 9.17) is 10.5 Å². The van der Waals surface area contributed by atoms with E-state index in [1.807, 2.05) is 6.92 Å². The molecule has 3 N–H and O–H groups in total. The Hall–Kier alpha value is -2.82. The Morgan fingerprint density at radius 3 is 2.46 bits per heavy atom. The summed E-state index contributed by atoms with van der Waals surface area (Å²) >= 11 is 0. The van der Waals surface area contributed by atoms with Crippen molar-refractivity contribution >= 4 is 11.8 Å². The Kier molecular flexibility index (Phi) is 5.56. The summed E-state index contributed by atoms with van der Waals surface area (Å²) in [5.74, 6) is -0.158. The number of rotatable bonds is 6. The third-order valence-corrected chi connectivity index (χ3v) is 4.76. The largest absolute Gasteiger partial charge is 0.484 e. The van der Waals surface area contributed by atoms with Crippen molar-refractivity contribution < 1.29 is 14.3 Å². The zero-order chi connectivity index (χ0) is 18.5. The summed E-state index contributed by atoms with van der Waals surface area (Å²) in [7, 11) is 0. The Morgan fingerprint density at radius 2 is 1.77 bits per heavy atom. The van der Waals surface area contributed by atoms with E-state index in [2.05, 4.69) is 23.5 Å². The molecule has 0 saturated heterocycles. The van der Waals surface area contributed by atoms with Gasteiger partial charge < -0.3 is 15.8 Å². The summed E-state index contributed by atoms with van der Waals surface area (Å²) in [6.07, 6.45) is 4.77. The van der Waals surface area contributed by atoms with Gasteiger partial charge in [-0.3, -0.25) is 9.59 Å². The number of carbonyl (C=O) groups excluding carboxylic acids is 2. The standard InChI is InChI=1S/C21H24N2O3/c1-14(17-7-6-15-4-2-3-5-18(15)12-17)23-20(24)13-26-19-10-8-16(9-11-19)21(22)25/h6-12,14H,2-5,13H2,1H3,(H2,22,25)(H,23,24)/t14-/m1/s1. The second-order valence-corrected chi connectivity index (χ2v) is 6.70. The van der Waals surface area contributed by atoms with E-state index in [-0.39, 0.29) is 18.6 Å². The average molecular weight is 352 g/mol. The number of ether oxygens (including phenoxy) is 1. The van der Waals surface area contributed by atoms with Crippen molar-refractivity contribution in [3.63, 3.8) is 0 Å². The Labute approximate surface area is 153 Å². The van der Waals surface area contributed by atoms with E-state index in [0.717, 1.165) is 18.4 Å². The molecule has 2 aromatic carbocycles. The number of primary amides is 1. The number of hydrogen-bond acceptors (Lipinski definition) is 3. The number of benzene rings is 2. The molecule has 1 atom stereocenters. The number of aryl methyl sites for hydroxylation is 2. The molecule has 5 nitrogen and oxygen atoms in total. The molecule has 0 aliphatic heterocycles. The Bertz CT molecular complexity index is 799. The summed E-state index contributed by atoms with van der Waals surface area (Å²) in [4.78, 5) is 23.2. The fraction of sp³-hybridized carbons (Fsp3) is 0.333. The molecular formula is C21H24N2O3. The lowest BCUT2D eigenvalue weighted by atomic mass is 9.89. The van der Waals surface area contributed by atoms with Gasteiger partial charge in [-0.25, -0.2) is 0 Å². The van der Waals surface area contributed by atoms with Crippen LogP contribution in [-0.4, -0.2) is 18.4 Å². The molecule has 26 heavy (non-hydrogen) atoms. The van der Waals surface area contributed by atoms with E-state index < -0.39 is 5.91 Å². The highest BCUT2D eigenvalue weighted by Gasteiger charge is 2.14. The zero-order valence-corrected chi connectivity index (χ0v) is 15.0.